The smallest absolute Gasteiger partial charge is 0.343 e. The summed E-state index contributed by atoms with van der Waals surface area (Å²) >= 11 is 0. The highest BCUT2D eigenvalue weighted by atomic mass is 16.5. The quantitative estimate of drug-likeness (QED) is 0.384. The first-order chi connectivity index (χ1) is 14.2. The molecule has 176 valence electrons. The van der Waals surface area contributed by atoms with Crippen LogP contribution < -0.4 is 4.74 Å². The van der Waals surface area contributed by atoms with E-state index in [-0.39, 0.29) is 27.4 Å². The van der Waals surface area contributed by atoms with Gasteiger partial charge >= 0.3 is 5.97 Å². The van der Waals surface area contributed by atoms with Gasteiger partial charge in [0.1, 0.15) is 11.5 Å². The van der Waals surface area contributed by atoms with Crippen molar-refractivity contribution in [3.8, 4) is 11.5 Å². The number of phenols is 1. The lowest BCUT2D eigenvalue weighted by Crippen LogP contribution is -2.23. The maximum Gasteiger partial charge on any atom is 0.343 e. The Morgan fingerprint density at radius 2 is 1.00 bits per heavy atom. The first kappa shape index (κ1) is 26.0. The van der Waals surface area contributed by atoms with Gasteiger partial charge < -0.3 is 9.84 Å². The van der Waals surface area contributed by atoms with E-state index in [9.17, 15) is 9.90 Å². The second-order valence-corrected chi connectivity index (χ2v) is 13.0. The van der Waals surface area contributed by atoms with Gasteiger partial charge in [0.2, 0.25) is 0 Å². The molecule has 0 spiro atoms. The van der Waals surface area contributed by atoms with Crippen molar-refractivity contribution < 1.29 is 14.6 Å². The molecule has 0 radical (unpaired) electrons. The zero-order chi connectivity index (χ0) is 24.9. The third-order valence-corrected chi connectivity index (χ3v) is 5.79. The van der Waals surface area contributed by atoms with Gasteiger partial charge in [-0.2, -0.15) is 0 Å². The van der Waals surface area contributed by atoms with Crippen LogP contribution >= 0.6 is 0 Å². The molecule has 0 saturated carbocycles. The molecule has 2 aromatic carbocycles. The molecule has 3 heteroatoms. The van der Waals surface area contributed by atoms with Crippen LogP contribution in [0.25, 0.3) is 0 Å². The summed E-state index contributed by atoms with van der Waals surface area (Å²) in [4.78, 5) is 13.5. The highest BCUT2D eigenvalue weighted by Gasteiger charge is 2.31. The van der Waals surface area contributed by atoms with Crippen molar-refractivity contribution in [1.82, 2.24) is 0 Å². The van der Waals surface area contributed by atoms with Crippen molar-refractivity contribution in [2.24, 2.45) is 0 Å². The fourth-order valence-electron chi connectivity index (χ4n) is 3.88. The van der Waals surface area contributed by atoms with E-state index in [2.05, 4.69) is 41.5 Å². The number of para-hydroxylation sites is 1. The van der Waals surface area contributed by atoms with Gasteiger partial charge in [0.25, 0.3) is 0 Å². The molecule has 0 saturated heterocycles. The molecule has 32 heavy (non-hydrogen) atoms. The van der Waals surface area contributed by atoms with Crippen LogP contribution in [0, 0.1) is 0 Å². The molecule has 0 heterocycles. The Labute approximate surface area is 195 Å². The number of benzene rings is 2. The molecule has 1 N–H and O–H groups in total. The lowest BCUT2D eigenvalue weighted by Gasteiger charge is -2.30. The zero-order valence-corrected chi connectivity index (χ0v) is 22.2. The standard InChI is InChI=1S/C29H42O3/c1-26(2,3)19-14-13-15-20(27(4,5)6)24(19)32-25(31)18-16-21(28(7,8)9)23(30)22(17-18)29(10,11)12/h13-17,30H,1-12H3. The summed E-state index contributed by atoms with van der Waals surface area (Å²) in [5.41, 5.74) is 2.96. The van der Waals surface area contributed by atoms with Gasteiger partial charge in [-0.3, -0.25) is 0 Å². The highest BCUT2D eigenvalue weighted by molar-refractivity contribution is 5.92. The maximum atomic E-state index is 13.5. The Bertz CT molecular complexity index is 933. The van der Waals surface area contributed by atoms with E-state index in [4.69, 9.17) is 4.74 Å². The predicted octanol–water partition coefficient (Wildman–Crippen LogP) is 7.80. The van der Waals surface area contributed by atoms with Crippen molar-refractivity contribution in [2.75, 3.05) is 0 Å². The minimum atomic E-state index is -0.400. The minimum Gasteiger partial charge on any atom is -0.507 e. The van der Waals surface area contributed by atoms with Gasteiger partial charge in [0.15, 0.2) is 0 Å². The Morgan fingerprint density at radius 1 is 0.656 bits per heavy atom. The maximum absolute atomic E-state index is 13.5. The van der Waals surface area contributed by atoms with Crippen LogP contribution in [0.3, 0.4) is 0 Å². The fraction of sp³-hybridized carbons (Fsp3) is 0.552. The van der Waals surface area contributed by atoms with Gasteiger partial charge in [0, 0.05) is 22.3 Å². The average Bonchev–Trinajstić information content (AvgIpc) is 2.58. The topological polar surface area (TPSA) is 46.5 Å². The first-order valence-corrected chi connectivity index (χ1v) is 11.5. The second-order valence-electron chi connectivity index (χ2n) is 13.0. The SMILES string of the molecule is CC(C)(C)c1cc(C(=O)Oc2c(C(C)(C)C)cccc2C(C)(C)C)cc(C(C)(C)C)c1O. The monoisotopic (exact) mass is 438 g/mol. The van der Waals surface area contributed by atoms with E-state index in [1.54, 1.807) is 12.1 Å². The lowest BCUT2D eigenvalue weighted by atomic mass is 9.78. The Hall–Kier alpha value is -2.29. The van der Waals surface area contributed by atoms with Gasteiger partial charge in [-0.1, -0.05) is 101 Å². The number of hydrogen-bond acceptors (Lipinski definition) is 3. The Kier molecular flexibility index (Phi) is 6.69. The molecule has 0 aliphatic carbocycles. The van der Waals surface area contributed by atoms with Crippen molar-refractivity contribution >= 4 is 5.97 Å². The predicted molar refractivity (Wildman–Crippen MR) is 134 cm³/mol. The summed E-state index contributed by atoms with van der Waals surface area (Å²) in [7, 11) is 0. The van der Waals surface area contributed by atoms with Crippen LogP contribution in [-0.2, 0) is 21.7 Å². The summed E-state index contributed by atoms with van der Waals surface area (Å²) in [6.07, 6.45) is 0. The van der Waals surface area contributed by atoms with E-state index >= 15 is 0 Å². The normalized spacial score (nSPS) is 13.2. The van der Waals surface area contributed by atoms with E-state index in [0.29, 0.717) is 11.3 Å². The molecule has 0 amide bonds. The lowest BCUT2D eigenvalue weighted by molar-refractivity contribution is 0.0728. The molecule has 2 aromatic rings. The van der Waals surface area contributed by atoms with E-state index < -0.39 is 5.97 Å². The molecule has 0 aromatic heterocycles. The second kappa shape index (κ2) is 8.24. The average molecular weight is 439 g/mol. The van der Waals surface area contributed by atoms with Gasteiger partial charge in [-0.15, -0.1) is 0 Å². The van der Waals surface area contributed by atoms with Crippen LogP contribution in [0.1, 0.15) is 116 Å². The van der Waals surface area contributed by atoms with Crippen molar-refractivity contribution in [3.63, 3.8) is 0 Å². The van der Waals surface area contributed by atoms with Crippen LogP contribution in [0.4, 0.5) is 0 Å². The molecular weight excluding hydrogens is 396 g/mol. The number of carbonyl (C=O) groups excluding carboxylic acids is 1. The van der Waals surface area contributed by atoms with Crippen LogP contribution in [0.5, 0.6) is 11.5 Å². The summed E-state index contributed by atoms with van der Waals surface area (Å²) in [5, 5.41) is 11.0. The summed E-state index contributed by atoms with van der Waals surface area (Å²) < 4.78 is 6.17. The van der Waals surface area contributed by atoms with E-state index in [0.717, 1.165) is 22.3 Å². The zero-order valence-electron chi connectivity index (χ0n) is 22.2. The number of phenolic OH excluding ortho intramolecular Hbond substituents is 1. The van der Waals surface area contributed by atoms with Crippen molar-refractivity contribution in [3.05, 3.63) is 58.1 Å². The van der Waals surface area contributed by atoms with E-state index in [1.165, 1.54) is 0 Å². The summed E-state index contributed by atoms with van der Waals surface area (Å²) in [6, 6.07) is 9.67. The third-order valence-electron chi connectivity index (χ3n) is 5.79. The van der Waals surface area contributed by atoms with Gasteiger partial charge in [0.05, 0.1) is 5.56 Å². The first-order valence-electron chi connectivity index (χ1n) is 11.5. The molecule has 0 bridgehead atoms. The van der Waals surface area contributed by atoms with Crippen molar-refractivity contribution in [1.29, 1.82) is 0 Å². The molecule has 0 aliphatic rings. The number of esters is 1. The molecule has 0 fully saturated rings. The van der Waals surface area contributed by atoms with Gasteiger partial charge in [-0.05, 0) is 33.8 Å². The fourth-order valence-corrected chi connectivity index (χ4v) is 3.88. The molecule has 0 aliphatic heterocycles. The molecular formula is C29H42O3. The molecule has 2 rings (SSSR count). The number of rotatable bonds is 2. The minimum absolute atomic E-state index is 0.182. The van der Waals surface area contributed by atoms with Crippen LogP contribution in [0.2, 0.25) is 0 Å². The van der Waals surface area contributed by atoms with E-state index in [1.807, 2.05) is 59.7 Å². The van der Waals surface area contributed by atoms with Crippen molar-refractivity contribution in [2.45, 2.75) is 105 Å². The third kappa shape index (κ3) is 5.54. The number of carbonyl (C=O) groups is 1. The van der Waals surface area contributed by atoms with Crippen LogP contribution in [0.15, 0.2) is 30.3 Å². The highest BCUT2D eigenvalue weighted by Crippen LogP contribution is 2.42. The van der Waals surface area contributed by atoms with Crippen LogP contribution in [-0.4, -0.2) is 11.1 Å². The Morgan fingerprint density at radius 3 is 1.31 bits per heavy atom. The summed E-state index contributed by atoms with van der Waals surface area (Å²) in [5.74, 6) is 0.496. The number of aromatic hydroxyl groups is 1. The molecule has 0 atom stereocenters. The molecule has 3 nitrogen and oxygen atoms in total. The summed E-state index contributed by atoms with van der Waals surface area (Å²) in [6.45, 7) is 25.0. The largest absolute Gasteiger partial charge is 0.507 e. The van der Waals surface area contributed by atoms with Gasteiger partial charge in [-0.25, -0.2) is 4.79 Å². The Balaban J connectivity index is 2.71. The number of ether oxygens (including phenoxy) is 1. The number of hydrogen-bond donors (Lipinski definition) is 1. The molecule has 0 unspecified atom stereocenters.